The fourth-order valence-electron chi connectivity index (χ4n) is 2.84. The van der Waals surface area contributed by atoms with Gasteiger partial charge in [0, 0.05) is 12.2 Å². The molecular formula is C17H20FN3OS. The molecule has 0 unspecified atom stereocenters. The Bertz CT molecular complexity index is 624. The molecule has 6 heteroatoms. The summed E-state index contributed by atoms with van der Waals surface area (Å²) in [7, 11) is 0. The van der Waals surface area contributed by atoms with Gasteiger partial charge < -0.3 is 15.1 Å². The smallest absolute Gasteiger partial charge is 0.170 e. The Morgan fingerprint density at radius 3 is 2.61 bits per heavy atom. The lowest BCUT2D eigenvalue weighted by molar-refractivity contribution is 0.216. The number of hydrogen-bond acceptors (Lipinski definition) is 3. The molecule has 1 aromatic heterocycles. The first-order valence-corrected chi connectivity index (χ1v) is 8.21. The Kier molecular flexibility index (Phi) is 5.25. The third-order valence-electron chi connectivity index (χ3n) is 4.01. The summed E-state index contributed by atoms with van der Waals surface area (Å²) in [6, 6.07) is 10.2. The van der Waals surface area contributed by atoms with Gasteiger partial charge in [0.15, 0.2) is 5.11 Å². The van der Waals surface area contributed by atoms with Crippen LogP contribution in [0.2, 0.25) is 0 Å². The highest BCUT2D eigenvalue weighted by atomic mass is 32.1. The van der Waals surface area contributed by atoms with Crippen LogP contribution in [-0.2, 0) is 0 Å². The molecule has 1 aliphatic heterocycles. The van der Waals surface area contributed by atoms with E-state index in [1.165, 1.54) is 25.0 Å². The number of nitrogens with one attached hydrogen (secondary N) is 2. The van der Waals surface area contributed by atoms with Gasteiger partial charge in [0.25, 0.3) is 0 Å². The van der Waals surface area contributed by atoms with Crippen LogP contribution >= 0.6 is 12.2 Å². The van der Waals surface area contributed by atoms with Crippen LogP contribution in [0.4, 0.5) is 10.1 Å². The van der Waals surface area contributed by atoms with E-state index in [1.807, 2.05) is 12.1 Å². The van der Waals surface area contributed by atoms with Crippen molar-refractivity contribution in [3.8, 4) is 0 Å². The Morgan fingerprint density at radius 2 is 1.96 bits per heavy atom. The van der Waals surface area contributed by atoms with E-state index in [9.17, 15) is 4.39 Å². The summed E-state index contributed by atoms with van der Waals surface area (Å²) < 4.78 is 18.5. The molecule has 0 bridgehead atoms. The number of nitrogens with zero attached hydrogens (tertiary/aromatic N) is 1. The van der Waals surface area contributed by atoms with Crippen molar-refractivity contribution >= 4 is 23.0 Å². The van der Waals surface area contributed by atoms with Gasteiger partial charge in [-0.25, -0.2) is 4.39 Å². The zero-order valence-corrected chi connectivity index (χ0v) is 13.6. The minimum atomic E-state index is -0.263. The molecule has 0 aliphatic carbocycles. The van der Waals surface area contributed by atoms with Gasteiger partial charge in [0.2, 0.25) is 0 Å². The molecule has 1 aromatic carbocycles. The highest BCUT2D eigenvalue weighted by Crippen LogP contribution is 2.24. The molecule has 2 N–H and O–H groups in total. The Labute approximate surface area is 140 Å². The second-order valence-corrected chi connectivity index (χ2v) is 6.02. The summed E-state index contributed by atoms with van der Waals surface area (Å²) >= 11 is 5.33. The first-order valence-electron chi connectivity index (χ1n) is 7.80. The molecule has 0 saturated carbocycles. The molecule has 1 aliphatic rings. The van der Waals surface area contributed by atoms with Crippen LogP contribution in [0.3, 0.4) is 0 Å². The third kappa shape index (κ3) is 4.30. The van der Waals surface area contributed by atoms with E-state index in [2.05, 4.69) is 15.5 Å². The van der Waals surface area contributed by atoms with Crippen LogP contribution in [0.1, 0.15) is 24.6 Å². The minimum Gasteiger partial charge on any atom is -0.468 e. The highest BCUT2D eigenvalue weighted by Gasteiger charge is 2.25. The van der Waals surface area contributed by atoms with E-state index in [0.29, 0.717) is 11.7 Å². The van der Waals surface area contributed by atoms with Gasteiger partial charge in [-0.3, -0.25) is 4.90 Å². The molecule has 2 heterocycles. The second-order valence-electron chi connectivity index (χ2n) is 5.62. The number of furan rings is 1. The third-order valence-corrected chi connectivity index (χ3v) is 4.26. The number of thiocarbonyl (C=S) groups is 1. The minimum absolute atomic E-state index is 0.167. The van der Waals surface area contributed by atoms with Crippen LogP contribution in [0.5, 0.6) is 0 Å². The van der Waals surface area contributed by atoms with E-state index in [-0.39, 0.29) is 11.9 Å². The first-order chi connectivity index (χ1) is 11.2. The molecule has 122 valence electrons. The normalized spacial score (nSPS) is 16.2. The Balaban J connectivity index is 1.57. The largest absolute Gasteiger partial charge is 0.468 e. The molecule has 0 spiro atoms. The van der Waals surface area contributed by atoms with E-state index in [1.54, 1.807) is 18.4 Å². The lowest BCUT2D eigenvalue weighted by Gasteiger charge is -2.26. The molecule has 23 heavy (non-hydrogen) atoms. The maximum Gasteiger partial charge on any atom is 0.170 e. The summed E-state index contributed by atoms with van der Waals surface area (Å²) in [4.78, 5) is 2.41. The van der Waals surface area contributed by atoms with Crippen LogP contribution in [0.15, 0.2) is 47.1 Å². The topological polar surface area (TPSA) is 40.4 Å². The van der Waals surface area contributed by atoms with E-state index >= 15 is 0 Å². The lowest BCUT2D eigenvalue weighted by Crippen LogP contribution is -2.38. The zero-order valence-electron chi connectivity index (χ0n) is 12.8. The van der Waals surface area contributed by atoms with E-state index in [0.717, 1.165) is 24.5 Å². The van der Waals surface area contributed by atoms with Crippen LogP contribution in [0.25, 0.3) is 0 Å². The Morgan fingerprint density at radius 1 is 1.22 bits per heavy atom. The van der Waals surface area contributed by atoms with Crippen LogP contribution < -0.4 is 10.6 Å². The van der Waals surface area contributed by atoms with Crippen molar-refractivity contribution in [3.63, 3.8) is 0 Å². The molecule has 2 aromatic rings. The van der Waals surface area contributed by atoms with Gasteiger partial charge >= 0.3 is 0 Å². The van der Waals surface area contributed by atoms with Crippen molar-refractivity contribution in [2.24, 2.45) is 0 Å². The maximum absolute atomic E-state index is 12.9. The number of halogens is 1. The fraction of sp³-hybridized carbons (Fsp3) is 0.353. The summed E-state index contributed by atoms with van der Waals surface area (Å²) in [5.41, 5.74) is 0.764. The van der Waals surface area contributed by atoms with Gasteiger partial charge in [0.05, 0.1) is 12.3 Å². The Hall–Kier alpha value is -1.92. The van der Waals surface area contributed by atoms with Crippen molar-refractivity contribution in [2.45, 2.75) is 18.9 Å². The summed E-state index contributed by atoms with van der Waals surface area (Å²) in [6.45, 7) is 2.82. The van der Waals surface area contributed by atoms with Crippen molar-refractivity contribution in [3.05, 3.63) is 54.2 Å². The number of hydrogen-bond donors (Lipinski definition) is 2. The van der Waals surface area contributed by atoms with Crippen molar-refractivity contribution in [1.29, 1.82) is 0 Å². The average molecular weight is 333 g/mol. The van der Waals surface area contributed by atoms with Crippen molar-refractivity contribution in [2.75, 3.05) is 25.0 Å². The fourth-order valence-corrected chi connectivity index (χ4v) is 3.04. The van der Waals surface area contributed by atoms with E-state index in [4.69, 9.17) is 16.6 Å². The standard InChI is InChI=1S/C17H20FN3OS/c18-13-5-7-14(8-6-13)20-17(23)19-12-15(16-4-3-11-22-16)21-9-1-2-10-21/h3-8,11,15H,1-2,9-10,12H2,(H2,19,20,23)/t15-/m0/s1. The van der Waals surface area contributed by atoms with Gasteiger partial charge in [-0.15, -0.1) is 0 Å². The molecule has 0 radical (unpaired) electrons. The average Bonchev–Trinajstić information content (AvgIpc) is 3.24. The quantitative estimate of drug-likeness (QED) is 0.819. The molecule has 1 saturated heterocycles. The van der Waals surface area contributed by atoms with Gasteiger partial charge in [-0.2, -0.15) is 0 Å². The first kappa shape index (κ1) is 16.0. The summed E-state index contributed by atoms with van der Waals surface area (Å²) in [5, 5.41) is 6.82. The number of anilines is 1. The van der Waals surface area contributed by atoms with Crippen molar-refractivity contribution < 1.29 is 8.81 Å². The molecule has 1 fully saturated rings. The predicted octanol–water partition coefficient (Wildman–Crippen LogP) is 3.54. The summed E-state index contributed by atoms with van der Waals surface area (Å²) in [5.74, 6) is 0.685. The number of likely N-dealkylation sites (tertiary alicyclic amines) is 1. The van der Waals surface area contributed by atoms with Gasteiger partial charge in [-0.1, -0.05) is 0 Å². The molecule has 3 rings (SSSR count). The van der Waals surface area contributed by atoms with Crippen molar-refractivity contribution in [1.82, 2.24) is 10.2 Å². The molecule has 0 amide bonds. The van der Waals surface area contributed by atoms with Gasteiger partial charge in [0.1, 0.15) is 11.6 Å². The summed E-state index contributed by atoms with van der Waals surface area (Å²) in [6.07, 6.45) is 4.14. The monoisotopic (exact) mass is 333 g/mol. The number of benzene rings is 1. The zero-order chi connectivity index (χ0) is 16.1. The lowest BCUT2D eigenvalue weighted by atomic mass is 10.2. The SMILES string of the molecule is Fc1ccc(NC(=S)NC[C@@H](c2ccco2)N2CCCC2)cc1. The maximum atomic E-state index is 12.9. The van der Waals surface area contributed by atoms with Crippen LogP contribution in [0, 0.1) is 5.82 Å². The molecular weight excluding hydrogens is 313 g/mol. The van der Waals surface area contributed by atoms with E-state index < -0.39 is 0 Å². The second kappa shape index (κ2) is 7.57. The molecule has 1 atom stereocenters. The van der Waals surface area contributed by atoms with Gasteiger partial charge in [-0.05, 0) is 74.5 Å². The van der Waals surface area contributed by atoms with Crippen LogP contribution in [-0.4, -0.2) is 29.6 Å². The highest BCUT2D eigenvalue weighted by molar-refractivity contribution is 7.80. The molecule has 4 nitrogen and oxygen atoms in total. The predicted molar refractivity (Wildman–Crippen MR) is 92.9 cm³/mol. The number of rotatable bonds is 5.